The van der Waals surface area contributed by atoms with E-state index in [2.05, 4.69) is 37.4 Å². The number of rotatable bonds is 14. The molecule has 1 unspecified atom stereocenters. The maximum Gasteiger partial charge on any atom is 0.247 e. The summed E-state index contributed by atoms with van der Waals surface area (Å²) in [4.78, 5) is 25.3. The quantitative estimate of drug-likeness (QED) is 0.223. The molecule has 3 aromatic rings. The zero-order chi connectivity index (χ0) is 30.1. The van der Waals surface area contributed by atoms with Crippen LogP contribution in [0.25, 0.3) is 0 Å². The third-order valence-electron chi connectivity index (χ3n) is 6.09. The number of amides is 1. The molecular formula is C28H37ClN8O3S. The van der Waals surface area contributed by atoms with Crippen molar-refractivity contribution in [3.05, 3.63) is 60.3 Å². The van der Waals surface area contributed by atoms with Gasteiger partial charge in [0.25, 0.3) is 0 Å². The van der Waals surface area contributed by atoms with Gasteiger partial charge < -0.3 is 30.5 Å². The van der Waals surface area contributed by atoms with E-state index < -0.39 is 11.0 Å². The van der Waals surface area contributed by atoms with Crippen LogP contribution in [0.1, 0.15) is 6.92 Å². The van der Waals surface area contributed by atoms with Gasteiger partial charge in [-0.1, -0.05) is 37.2 Å². The zero-order valence-electron chi connectivity index (χ0n) is 24.2. The maximum atomic E-state index is 12.4. The van der Waals surface area contributed by atoms with Gasteiger partial charge in [-0.25, -0.2) is 9.19 Å². The Kier molecular flexibility index (Phi) is 11.3. The number of carbonyl (C=O) groups excluding carboxylic acids is 1. The van der Waals surface area contributed by atoms with Crippen LogP contribution < -0.4 is 29.9 Å². The molecule has 13 heteroatoms. The highest BCUT2D eigenvalue weighted by Gasteiger charge is 2.18. The fourth-order valence-corrected chi connectivity index (χ4v) is 4.73. The minimum absolute atomic E-state index is 0.243. The highest BCUT2D eigenvalue weighted by Crippen LogP contribution is 2.38. The van der Waals surface area contributed by atoms with Crippen LogP contribution in [0.4, 0.5) is 40.2 Å². The van der Waals surface area contributed by atoms with Gasteiger partial charge in [0.05, 0.1) is 41.7 Å². The second kappa shape index (κ2) is 14.7. The highest BCUT2D eigenvalue weighted by atomic mass is 35.5. The first-order chi connectivity index (χ1) is 19.6. The Labute approximate surface area is 249 Å². The van der Waals surface area contributed by atoms with Crippen LogP contribution in [-0.2, 0) is 15.8 Å². The van der Waals surface area contributed by atoms with E-state index >= 15 is 0 Å². The van der Waals surface area contributed by atoms with Crippen LogP contribution in [-0.4, -0.2) is 79.1 Å². The predicted molar refractivity (Wildman–Crippen MR) is 171 cm³/mol. The average molecular weight is 601 g/mol. The first kappa shape index (κ1) is 31.7. The highest BCUT2D eigenvalue weighted by molar-refractivity contribution is 7.86. The number of aromatic nitrogens is 2. The van der Waals surface area contributed by atoms with Crippen LogP contribution in [0.5, 0.6) is 5.75 Å². The number of nitrogens with one attached hydrogen (secondary N) is 3. The summed E-state index contributed by atoms with van der Waals surface area (Å²) in [5.41, 5.74) is 3.28. The molecule has 0 saturated carbocycles. The molecule has 0 spiro atoms. The van der Waals surface area contributed by atoms with Gasteiger partial charge in [0.15, 0.2) is 5.82 Å². The zero-order valence-corrected chi connectivity index (χ0v) is 25.8. The van der Waals surface area contributed by atoms with Gasteiger partial charge in [0.1, 0.15) is 21.8 Å². The van der Waals surface area contributed by atoms with Gasteiger partial charge in [0, 0.05) is 39.0 Å². The van der Waals surface area contributed by atoms with Gasteiger partial charge >= 0.3 is 0 Å². The largest absolute Gasteiger partial charge is 0.494 e. The lowest BCUT2D eigenvalue weighted by atomic mass is 10.2. The molecular weight excluding hydrogens is 564 g/mol. The number of carbonyl (C=O) groups is 1. The summed E-state index contributed by atoms with van der Waals surface area (Å²) in [7, 11) is 8.09. The standard InChI is InChI=1S/C28H37ClN8O3S/c1-8-26(38)31-21-16-22(25(40-7)17-24(21)36(5)15-14-35(3)4)33-28-30-18-19(29)27(34-28)32-20-12-10-11-13-23(20)37(6)41(39)9-2/h8,10-13,16-18H,1,9,14-15H2,2-7H3,(H,31,38)(H2,30,32,33,34). The summed E-state index contributed by atoms with van der Waals surface area (Å²) >= 11 is 6.46. The number of nitrogens with zero attached hydrogens (tertiary/aromatic N) is 5. The molecule has 0 bridgehead atoms. The third kappa shape index (κ3) is 8.32. The molecule has 0 fully saturated rings. The maximum absolute atomic E-state index is 12.4. The number of hydrogen-bond donors (Lipinski definition) is 3. The summed E-state index contributed by atoms with van der Waals surface area (Å²) in [6, 6.07) is 11.1. The molecule has 1 aromatic heterocycles. The van der Waals surface area contributed by atoms with Gasteiger partial charge in [0.2, 0.25) is 11.9 Å². The third-order valence-corrected chi connectivity index (χ3v) is 7.67. The van der Waals surface area contributed by atoms with Crippen molar-refractivity contribution in [1.29, 1.82) is 0 Å². The molecule has 3 N–H and O–H groups in total. The number of benzene rings is 2. The van der Waals surface area contributed by atoms with Gasteiger partial charge in [-0.2, -0.15) is 4.98 Å². The molecule has 3 rings (SSSR count). The van der Waals surface area contributed by atoms with E-state index in [1.807, 2.05) is 63.3 Å². The lowest BCUT2D eigenvalue weighted by Gasteiger charge is -2.26. The van der Waals surface area contributed by atoms with Crippen LogP contribution in [0.2, 0.25) is 5.02 Å². The van der Waals surface area contributed by atoms with Crippen molar-refractivity contribution in [2.75, 3.05) is 79.3 Å². The molecule has 0 aliphatic rings. The van der Waals surface area contributed by atoms with Crippen LogP contribution in [0, 0.1) is 0 Å². The van der Waals surface area contributed by atoms with Crippen molar-refractivity contribution in [3.8, 4) is 5.75 Å². The second-order valence-corrected chi connectivity index (χ2v) is 11.4. The molecule has 0 saturated heterocycles. The molecule has 0 radical (unpaired) electrons. The van der Waals surface area contributed by atoms with Crippen LogP contribution >= 0.6 is 11.6 Å². The number of ether oxygens (including phenoxy) is 1. The summed E-state index contributed by atoms with van der Waals surface area (Å²) in [6.07, 6.45) is 2.69. The van der Waals surface area contributed by atoms with Crippen LogP contribution in [0.3, 0.4) is 0 Å². The smallest absolute Gasteiger partial charge is 0.247 e. The van der Waals surface area contributed by atoms with E-state index in [0.717, 1.165) is 24.5 Å². The van der Waals surface area contributed by atoms with Gasteiger partial charge in [-0.05, 0) is 38.4 Å². The molecule has 220 valence electrons. The number of halogens is 1. The van der Waals surface area contributed by atoms with Crippen molar-refractivity contribution in [1.82, 2.24) is 14.9 Å². The molecule has 1 atom stereocenters. The number of methoxy groups -OCH3 is 1. The summed E-state index contributed by atoms with van der Waals surface area (Å²) in [5, 5.41) is 9.60. The first-order valence-electron chi connectivity index (χ1n) is 12.9. The Bertz CT molecular complexity index is 1400. The lowest BCUT2D eigenvalue weighted by Crippen LogP contribution is -2.29. The summed E-state index contributed by atoms with van der Waals surface area (Å²) in [6.45, 7) is 6.96. The topological polar surface area (TPSA) is 115 Å². The fourth-order valence-electron chi connectivity index (χ4n) is 3.83. The summed E-state index contributed by atoms with van der Waals surface area (Å²) in [5.74, 6) is 1.26. The van der Waals surface area contributed by atoms with Crippen molar-refractivity contribution >= 4 is 68.7 Å². The van der Waals surface area contributed by atoms with E-state index in [9.17, 15) is 9.00 Å². The second-order valence-electron chi connectivity index (χ2n) is 9.25. The normalized spacial score (nSPS) is 11.5. The summed E-state index contributed by atoms with van der Waals surface area (Å²) < 4.78 is 19.8. The Hall–Kier alpha value is -3.87. The lowest BCUT2D eigenvalue weighted by molar-refractivity contribution is -0.111. The molecule has 1 heterocycles. The van der Waals surface area contributed by atoms with E-state index in [0.29, 0.717) is 39.4 Å². The Morgan fingerprint density at radius 1 is 1.07 bits per heavy atom. The number of hydrogen-bond acceptors (Lipinski definition) is 9. The van der Waals surface area contributed by atoms with Crippen LogP contribution in [0.15, 0.2) is 55.3 Å². The molecule has 1 amide bonds. The van der Waals surface area contributed by atoms with Crippen molar-refractivity contribution in [3.63, 3.8) is 0 Å². The number of anilines is 7. The minimum Gasteiger partial charge on any atom is -0.494 e. The Balaban J connectivity index is 1.97. The van der Waals surface area contributed by atoms with Crippen molar-refractivity contribution in [2.45, 2.75) is 6.92 Å². The van der Waals surface area contributed by atoms with E-state index in [1.165, 1.54) is 12.3 Å². The first-order valence-corrected chi connectivity index (χ1v) is 14.5. The fraction of sp³-hybridized carbons (Fsp3) is 0.321. The minimum atomic E-state index is -1.19. The van der Waals surface area contributed by atoms with E-state index in [4.69, 9.17) is 16.3 Å². The van der Waals surface area contributed by atoms with Gasteiger partial charge in [-0.3, -0.25) is 9.10 Å². The Morgan fingerprint density at radius 2 is 1.80 bits per heavy atom. The number of likely N-dealkylation sites (N-methyl/N-ethyl adjacent to an activating group) is 2. The molecule has 0 aliphatic heterocycles. The molecule has 41 heavy (non-hydrogen) atoms. The molecule has 2 aromatic carbocycles. The van der Waals surface area contributed by atoms with Gasteiger partial charge in [-0.15, -0.1) is 0 Å². The average Bonchev–Trinajstić information content (AvgIpc) is 2.97. The predicted octanol–water partition coefficient (Wildman–Crippen LogP) is 4.87. The SMILES string of the molecule is C=CC(=O)Nc1cc(Nc2ncc(Cl)c(Nc3ccccc3N(C)S(=O)CC)n2)c(OC)cc1N(C)CCN(C)C. The Morgan fingerprint density at radius 3 is 2.46 bits per heavy atom. The molecule has 11 nitrogen and oxygen atoms in total. The van der Waals surface area contributed by atoms with E-state index in [-0.39, 0.29) is 11.9 Å². The number of para-hydroxylation sites is 2. The molecule has 0 aliphatic carbocycles. The van der Waals surface area contributed by atoms with Crippen molar-refractivity contribution in [2.24, 2.45) is 0 Å². The monoisotopic (exact) mass is 600 g/mol. The van der Waals surface area contributed by atoms with E-state index in [1.54, 1.807) is 24.5 Å². The van der Waals surface area contributed by atoms with Crippen molar-refractivity contribution < 1.29 is 13.7 Å².